The SMILES string of the molecule is COc1ccc(N=C2NC(=O)/C(=C\c3ccc(-c4ccccc4C#N)o3)S2)cc1. The number of benzene rings is 2. The highest BCUT2D eigenvalue weighted by Crippen LogP contribution is 2.31. The van der Waals surface area contributed by atoms with Crippen LogP contribution < -0.4 is 10.1 Å². The van der Waals surface area contributed by atoms with E-state index in [1.165, 1.54) is 11.8 Å². The van der Waals surface area contributed by atoms with Gasteiger partial charge < -0.3 is 14.5 Å². The molecule has 1 aliphatic rings. The number of carbonyl (C=O) groups excluding carboxylic acids is 1. The van der Waals surface area contributed by atoms with E-state index in [1.54, 1.807) is 49.6 Å². The number of hydrogen-bond acceptors (Lipinski definition) is 6. The zero-order valence-electron chi connectivity index (χ0n) is 15.4. The van der Waals surface area contributed by atoms with Crippen LogP contribution in [0.2, 0.25) is 0 Å². The molecule has 0 aliphatic carbocycles. The summed E-state index contributed by atoms with van der Waals surface area (Å²) in [5, 5.41) is 12.5. The number of amides is 1. The lowest BCUT2D eigenvalue weighted by molar-refractivity contribution is -0.115. The summed E-state index contributed by atoms with van der Waals surface area (Å²) in [5.41, 5.74) is 1.95. The van der Waals surface area contributed by atoms with Gasteiger partial charge in [-0.15, -0.1) is 0 Å². The molecule has 1 fully saturated rings. The van der Waals surface area contributed by atoms with Crippen LogP contribution in [0.5, 0.6) is 5.75 Å². The van der Waals surface area contributed by atoms with Crippen LogP contribution in [0, 0.1) is 11.3 Å². The summed E-state index contributed by atoms with van der Waals surface area (Å²) >= 11 is 1.24. The second-order valence-electron chi connectivity index (χ2n) is 6.04. The minimum absolute atomic E-state index is 0.238. The summed E-state index contributed by atoms with van der Waals surface area (Å²) < 4.78 is 11.0. The number of nitrogens with one attached hydrogen (secondary N) is 1. The molecule has 4 rings (SSSR count). The predicted molar refractivity (Wildman–Crippen MR) is 113 cm³/mol. The molecule has 1 aliphatic heterocycles. The molecule has 0 radical (unpaired) electrons. The van der Waals surface area contributed by atoms with Crippen molar-refractivity contribution >= 4 is 34.6 Å². The Bertz CT molecular complexity index is 1170. The van der Waals surface area contributed by atoms with Crippen LogP contribution in [0.25, 0.3) is 17.4 Å². The normalized spacial score (nSPS) is 16.1. The van der Waals surface area contributed by atoms with E-state index in [-0.39, 0.29) is 5.91 Å². The number of carbonyl (C=O) groups is 1. The Balaban J connectivity index is 1.55. The van der Waals surface area contributed by atoms with Gasteiger partial charge in [0, 0.05) is 11.6 Å². The van der Waals surface area contributed by atoms with Crippen molar-refractivity contribution in [3.63, 3.8) is 0 Å². The fourth-order valence-electron chi connectivity index (χ4n) is 2.75. The number of furan rings is 1. The molecule has 7 heteroatoms. The first kappa shape index (κ1) is 18.6. The average Bonchev–Trinajstić information content (AvgIpc) is 3.35. The maximum Gasteiger partial charge on any atom is 0.264 e. The molecular formula is C22H15N3O3S. The molecule has 0 spiro atoms. The van der Waals surface area contributed by atoms with Gasteiger partial charge in [0.2, 0.25) is 0 Å². The van der Waals surface area contributed by atoms with Gasteiger partial charge in [-0.1, -0.05) is 12.1 Å². The van der Waals surface area contributed by atoms with Crippen molar-refractivity contribution in [1.29, 1.82) is 5.26 Å². The van der Waals surface area contributed by atoms with Gasteiger partial charge in [0.25, 0.3) is 5.91 Å². The minimum Gasteiger partial charge on any atom is -0.497 e. The number of nitriles is 1. The molecule has 0 saturated carbocycles. The maximum absolute atomic E-state index is 12.3. The van der Waals surface area contributed by atoms with Crippen LogP contribution in [-0.2, 0) is 4.79 Å². The van der Waals surface area contributed by atoms with E-state index in [0.29, 0.717) is 38.4 Å². The van der Waals surface area contributed by atoms with Gasteiger partial charge in [0.05, 0.1) is 29.3 Å². The van der Waals surface area contributed by atoms with Gasteiger partial charge in [0.15, 0.2) is 5.17 Å². The first-order valence-electron chi connectivity index (χ1n) is 8.69. The first-order valence-corrected chi connectivity index (χ1v) is 9.51. The van der Waals surface area contributed by atoms with Crippen molar-refractivity contribution in [1.82, 2.24) is 5.32 Å². The number of nitrogens with zero attached hydrogens (tertiary/aromatic N) is 2. The Hall–Kier alpha value is -3.76. The van der Waals surface area contributed by atoms with Crippen LogP contribution >= 0.6 is 11.8 Å². The molecule has 2 aromatic carbocycles. The lowest BCUT2D eigenvalue weighted by Crippen LogP contribution is -2.19. The van der Waals surface area contributed by atoms with E-state index >= 15 is 0 Å². The number of rotatable bonds is 4. The average molecular weight is 401 g/mol. The predicted octanol–water partition coefficient (Wildman–Crippen LogP) is 4.72. The zero-order valence-corrected chi connectivity index (χ0v) is 16.2. The molecule has 6 nitrogen and oxygen atoms in total. The number of amidine groups is 1. The van der Waals surface area contributed by atoms with Crippen molar-refractivity contribution in [2.45, 2.75) is 0 Å². The van der Waals surface area contributed by atoms with Gasteiger partial charge >= 0.3 is 0 Å². The second kappa shape index (κ2) is 8.09. The van der Waals surface area contributed by atoms with E-state index in [1.807, 2.05) is 24.3 Å². The summed E-state index contributed by atoms with van der Waals surface area (Å²) in [4.78, 5) is 17.2. The fourth-order valence-corrected chi connectivity index (χ4v) is 3.58. The molecule has 142 valence electrons. The number of ether oxygens (including phenoxy) is 1. The molecule has 1 saturated heterocycles. The van der Waals surface area contributed by atoms with Crippen molar-refractivity contribution in [2.75, 3.05) is 7.11 Å². The summed E-state index contributed by atoms with van der Waals surface area (Å²) in [6.45, 7) is 0. The zero-order chi connectivity index (χ0) is 20.2. The summed E-state index contributed by atoms with van der Waals surface area (Å²) in [6, 6.07) is 20.1. The number of hydrogen-bond donors (Lipinski definition) is 1. The third-order valence-corrected chi connectivity index (χ3v) is 5.08. The fraction of sp³-hybridized carbons (Fsp3) is 0.0455. The highest BCUT2D eigenvalue weighted by Gasteiger charge is 2.24. The molecule has 3 aromatic rings. The Morgan fingerprint density at radius 3 is 2.69 bits per heavy atom. The van der Waals surface area contributed by atoms with Crippen LogP contribution in [0.3, 0.4) is 0 Å². The summed E-state index contributed by atoms with van der Waals surface area (Å²) in [5.74, 6) is 1.60. The van der Waals surface area contributed by atoms with E-state index in [0.717, 1.165) is 5.75 Å². The summed E-state index contributed by atoms with van der Waals surface area (Å²) in [7, 11) is 1.60. The van der Waals surface area contributed by atoms with Crippen LogP contribution in [-0.4, -0.2) is 18.2 Å². The van der Waals surface area contributed by atoms with Gasteiger partial charge in [0.1, 0.15) is 17.3 Å². The molecule has 0 atom stereocenters. The van der Waals surface area contributed by atoms with Gasteiger partial charge in [-0.2, -0.15) is 5.26 Å². The van der Waals surface area contributed by atoms with Crippen LogP contribution in [0.1, 0.15) is 11.3 Å². The summed E-state index contributed by atoms with van der Waals surface area (Å²) in [6.07, 6.45) is 1.66. The lowest BCUT2D eigenvalue weighted by Gasteiger charge is -1.99. The highest BCUT2D eigenvalue weighted by atomic mass is 32.2. The van der Waals surface area contributed by atoms with E-state index in [9.17, 15) is 10.1 Å². The largest absolute Gasteiger partial charge is 0.497 e. The standard InChI is InChI=1S/C22H15N3O3S/c1-27-16-8-6-15(7-9-16)24-22-25-21(26)20(29-22)12-17-10-11-19(28-17)18-5-3-2-4-14(18)13-23/h2-12H,1H3,(H,24,25,26)/b20-12+. The smallest absolute Gasteiger partial charge is 0.264 e. The Kier molecular flexibility index (Phi) is 5.18. The Morgan fingerprint density at radius 1 is 1.14 bits per heavy atom. The molecule has 29 heavy (non-hydrogen) atoms. The minimum atomic E-state index is -0.238. The molecule has 1 aromatic heterocycles. The van der Waals surface area contributed by atoms with Crippen LogP contribution in [0.15, 0.2) is 75.0 Å². The second-order valence-corrected chi connectivity index (χ2v) is 7.07. The van der Waals surface area contributed by atoms with E-state index < -0.39 is 0 Å². The van der Waals surface area contributed by atoms with Gasteiger partial charge in [-0.25, -0.2) is 4.99 Å². The lowest BCUT2D eigenvalue weighted by atomic mass is 10.1. The third kappa shape index (κ3) is 4.08. The molecule has 1 N–H and O–H groups in total. The van der Waals surface area contributed by atoms with Crippen molar-refractivity contribution in [3.8, 4) is 23.1 Å². The van der Waals surface area contributed by atoms with Gasteiger partial charge in [-0.05, 0) is 60.3 Å². The quantitative estimate of drug-likeness (QED) is 0.639. The number of aliphatic imine (C=N–C) groups is 1. The van der Waals surface area contributed by atoms with E-state index in [2.05, 4.69) is 16.4 Å². The topological polar surface area (TPSA) is 87.6 Å². The van der Waals surface area contributed by atoms with Crippen molar-refractivity contribution < 1.29 is 13.9 Å². The van der Waals surface area contributed by atoms with E-state index in [4.69, 9.17) is 9.15 Å². The van der Waals surface area contributed by atoms with Crippen molar-refractivity contribution in [2.24, 2.45) is 4.99 Å². The van der Waals surface area contributed by atoms with Crippen molar-refractivity contribution in [3.05, 3.63) is 76.9 Å². The number of thioether (sulfide) groups is 1. The third-order valence-electron chi connectivity index (χ3n) is 4.17. The monoisotopic (exact) mass is 401 g/mol. The molecule has 0 unspecified atom stereocenters. The molecule has 0 bridgehead atoms. The maximum atomic E-state index is 12.3. The molecule has 1 amide bonds. The van der Waals surface area contributed by atoms with Gasteiger partial charge in [-0.3, -0.25) is 4.79 Å². The Morgan fingerprint density at radius 2 is 1.93 bits per heavy atom. The first-order chi connectivity index (χ1) is 14.2. The highest BCUT2D eigenvalue weighted by molar-refractivity contribution is 8.18. The Labute approximate surface area is 171 Å². The van der Waals surface area contributed by atoms with Crippen LogP contribution in [0.4, 0.5) is 5.69 Å². The molecule has 2 heterocycles. The molecular weight excluding hydrogens is 386 g/mol. The number of methoxy groups -OCH3 is 1.